The zero-order chi connectivity index (χ0) is 29.5. The number of nitrogens with one attached hydrogen (secondary N) is 1. The molecule has 3 aliphatic rings. The van der Waals surface area contributed by atoms with Crippen molar-refractivity contribution in [2.24, 2.45) is 5.41 Å². The number of aromatic nitrogens is 3. The Morgan fingerprint density at radius 1 is 0.976 bits per heavy atom. The minimum absolute atomic E-state index is 0.163. The second-order valence-electron chi connectivity index (χ2n) is 11.4. The number of hydrogen-bond acceptors (Lipinski definition) is 10. The monoisotopic (exact) mass is 604 g/mol. The van der Waals surface area contributed by atoms with E-state index in [9.17, 15) is 17.2 Å². The molecular formula is C28H34F2N6O5S. The number of rotatable bonds is 9. The molecule has 2 aromatic heterocycles. The van der Waals surface area contributed by atoms with Gasteiger partial charge in [-0.2, -0.15) is 4.98 Å². The van der Waals surface area contributed by atoms with Gasteiger partial charge in [0, 0.05) is 50.7 Å². The molecule has 0 unspecified atom stereocenters. The summed E-state index contributed by atoms with van der Waals surface area (Å²) in [6.45, 7) is 1.49. The molecule has 2 aliphatic heterocycles. The van der Waals surface area contributed by atoms with Crippen LogP contribution >= 0.6 is 0 Å². The third-order valence-electron chi connectivity index (χ3n) is 8.47. The van der Waals surface area contributed by atoms with Crippen LogP contribution in [0.1, 0.15) is 38.5 Å². The van der Waals surface area contributed by atoms with Crippen LogP contribution in [0.5, 0.6) is 5.88 Å². The number of sulfonamides is 1. The number of benzene rings is 1. The molecule has 3 aromatic rings. The van der Waals surface area contributed by atoms with Crippen LogP contribution in [-0.4, -0.2) is 80.3 Å². The number of hydrogen-bond donors (Lipinski definition) is 2. The summed E-state index contributed by atoms with van der Waals surface area (Å²) >= 11 is 0. The number of alkyl halides is 2. The predicted octanol–water partition coefficient (Wildman–Crippen LogP) is 4.16. The van der Waals surface area contributed by atoms with E-state index in [1.54, 1.807) is 35.2 Å². The molecule has 0 radical (unpaired) electrons. The number of anilines is 3. The fourth-order valence-electron chi connectivity index (χ4n) is 5.68. The van der Waals surface area contributed by atoms with Gasteiger partial charge < -0.3 is 24.1 Å². The molecule has 0 bridgehead atoms. The summed E-state index contributed by atoms with van der Waals surface area (Å²) in [6.07, 6.45) is 4.11. The van der Waals surface area contributed by atoms with E-state index in [-0.39, 0.29) is 37.7 Å². The van der Waals surface area contributed by atoms with E-state index >= 15 is 0 Å². The zero-order valence-electron chi connectivity index (χ0n) is 23.4. The van der Waals surface area contributed by atoms with Crippen molar-refractivity contribution < 1.29 is 31.5 Å². The van der Waals surface area contributed by atoms with Crippen LogP contribution in [0.4, 0.5) is 26.0 Å². The van der Waals surface area contributed by atoms with Gasteiger partial charge in [0.05, 0.1) is 36.4 Å². The second kappa shape index (κ2) is 11.0. The summed E-state index contributed by atoms with van der Waals surface area (Å²) in [6, 6.07) is 8.52. The topological polar surface area (TPSA) is 134 Å². The molecule has 11 nitrogen and oxygen atoms in total. The first-order valence-electron chi connectivity index (χ1n) is 14.1. The van der Waals surface area contributed by atoms with Gasteiger partial charge in [0.1, 0.15) is 5.82 Å². The fraction of sp³-hybridized carbons (Fsp3) is 0.536. The lowest BCUT2D eigenvalue weighted by Crippen LogP contribution is -2.39. The Kier molecular flexibility index (Phi) is 7.46. The highest BCUT2D eigenvalue weighted by molar-refractivity contribution is 7.92. The number of ether oxygens (including phenoxy) is 1. The molecule has 14 heteroatoms. The first-order valence-corrected chi connectivity index (χ1v) is 15.8. The third kappa shape index (κ3) is 6.14. The number of pyridine rings is 1. The van der Waals surface area contributed by atoms with E-state index in [0.717, 1.165) is 31.6 Å². The van der Waals surface area contributed by atoms with Crippen LogP contribution in [0.15, 0.2) is 34.7 Å². The first-order chi connectivity index (χ1) is 20.1. The minimum atomic E-state index is -3.71. The highest BCUT2D eigenvalue weighted by Crippen LogP contribution is 2.54. The fourth-order valence-corrected chi connectivity index (χ4v) is 6.51. The molecule has 1 spiro atoms. The Labute approximate surface area is 242 Å². The number of halogens is 2. The van der Waals surface area contributed by atoms with E-state index in [0.29, 0.717) is 33.9 Å². The standard InChI is InChI=1S/C28H34F2N6O5S/c1-40-24-17-19(16-23(31-24)36-12-8-28(29,30)9-13-36)25-32-33-26(41-25)21-3-2-20(34-42(38,39)15-14-37)18-22(21)35-10-6-27(4-5-27)7-11-35/h2-3,16-18,34,37H,4-15H2,1H3. The Balaban J connectivity index is 1.31. The molecular weight excluding hydrogens is 570 g/mol. The van der Waals surface area contributed by atoms with Crippen molar-refractivity contribution in [2.45, 2.75) is 44.4 Å². The quantitative estimate of drug-likeness (QED) is 0.367. The van der Waals surface area contributed by atoms with E-state index < -0.39 is 28.3 Å². The SMILES string of the molecule is COc1cc(-c2nnc(-c3ccc(NS(=O)(=O)CCO)cc3N3CCC4(CC3)CC4)o2)cc(N2CCC(F)(F)CC2)n1. The molecule has 1 aromatic carbocycles. The van der Waals surface area contributed by atoms with Crippen LogP contribution in [0.3, 0.4) is 0 Å². The van der Waals surface area contributed by atoms with E-state index in [1.165, 1.54) is 20.0 Å². The average Bonchev–Trinajstić information content (AvgIpc) is 3.52. The minimum Gasteiger partial charge on any atom is -0.481 e. The van der Waals surface area contributed by atoms with Gasteiger partial charge in [0.25, 0.3) is 5.92 Å². The van der Waals surface area contributed by atoms with E-state index in [1.807, 2.05) is 0 Å². The van der Waals surface area contributed by atoms with Gasteiger partial charge in [-0.1, -0.05) is 0 Å². The van der Waals surface area contributed by atoms with Crippen LogP contribution in [0.25, 0.3) is 22.9 Å². The molecule has 0 atom stereocenters. The van der Waals surface area contributed by atoms with Crippen molar-refractivity contribution in [3.8, 4) is 28.8 Å². The molecule has 4 heterocycles. The maximum absolute atomic E-state index is 13.7. The molecule has 6 rings (SSSR count). The Bertz CT molecular complexity index is 1540. The van der Waals surface area contributed by atoms with Gasteiger partial charge in [-0.05, 0) is 55.4 Å². The zero-order valence-corrected chi connectivity index (χ0v) is 24.2. The summed E-state index contributed by atoms with van der Waals surface area (Å²) in [5, 5.41) is 17.7. The van der Waals surface area contributed by atoms with Gasteiger partial charge in [-0.3, -0.25) is 4.72 Å². The van der Waals surface area contributed by atoms with E-state index in [4.69, 9.17) is 14.3 Å². The second-order valence-corrected chi connectivity index (χ2v) is 13.2. The van der Waals surface area contributed by atoms with Crippen molar-refractivity contribution in [2.75, 3.05) is 60.2 Å². The van der Waals surface area contributed by atoms with Crippen molar-refractivity contribution in [1.29, 1.82) is 0 Å². The first kappa shape index (κ1) is 28.6. The van der Waals surface area contributed by atoms with Crippen molar-refractivity contribution in [3.05, 3.63) is 30.3 Å². The Morgan fingerprint density at radius 3 is 2.33 bits per heavy atom. The summed E-state index contributed by atoms with van der Waals surface area (Å²) in [7, 11) is -2.23. The summed E-state index contributed by atoms with van der Waals surface area (Å²) in [5.74, 6) is -1.83. The number of methoxy groups -OCH3 is 1. The lowest BCUT2D eigenvalue weighted by Gasteiger charge is -2.35. The normalized spacial score (nSPS) is 19.6. The van der Waals surface area contributed by atoms with Crippen LogP contribution in [0.2, 0.25) is 0 Å². The predicted molar refractivity (Wildman–Crippen MR) is 154 cm³/mol. The highest BCUT2D eigenvalue weighted by Gasteiger charge is 2.44. The smallest absolute Gasteiger partial charge is 0.251 e. The molecule has 0 amide bonds. The number of aliphatic hydroxyl groups excluding tert-OH is 1. The van der Waals surface area contributed by atoms with Gasteiger partial charge in [0.2, 0.25) is 27.7 Å². The molecule has 3 fully saturated rings. The molecule has 42 heavy (non-hydrogen) atoms. The van der Waals surface area contributed by atoms with Crippen molar-refractivity contribution in [3.63, 3.8) is 0 Å². The third-order valence-corrected chi connectivity index (χ3v) is 9.74. The van der Waals surface area contributed by atoms with Crippen LogP contribution in [-0.2, 0) is 10.0 Å². The van der Waals surface area contributed by atoms with Gasteiger partial charge >= 0.3 is 0 Å². The van der Waals surface area contributed by atoms with Crippen LogP contribution in [0, 0.1) is 5.41 Å². The lowest BCUT2D eigenvalue weighted by atomic mass is 9.93. The lowest BCUT2D eigenvalue weighted by molar-refractivity contribution is -0.0221. The summed E-state index contributed by atoms with van der Waals surface area (Å²) < 4.78 is 66.2. The maximum atomic E-state index is 13.7. The molecule has 226 valence electrons. The molecule has 1 aliphatic carbocycles. The maximum Gasteiger partial charge on any atom is 0.251 e. The molecule has 2 saturated heterocycles. The average molecular weight is 605 g/mol. The number of aliphatic hydroxyl groups is 1. The van der Waals surface area contributed by atoms with E-state index in [2.05, 4.69) is 24.8 Å². The number of piperidine rings is 2. The van der Waals surface area contributed by atoms with Gasteiger partial charge in [0.15, 0.2) is 0 Å². The van der Waals surface area contributed by atoms with Gasteiger partial charge in [-0.15, -0.1) is 10.2 Å². The van der Waals surface area contributed by atoms with Gasteiger partial charge in [-0.25, -0.2) is 17.2 Å². The van der Waals surface area contributed by atoms with Crippen LogP contribution < -0.4 is 19.3 Å². The summed E-state index contributed by atoms with van der Waals surface area (Å²) in [4.78, 5) is 8.45. The number of nitrogens with zero attached hydrogens (tertiary/aromatic N) is 5. The Hall–Kier alpha value is -3.52. The summed E-state index contributed by atoms with van der Waals surface area (Å²) in [5.41, 5.74) is 2.79. The Morgan fingerprint density at radius 2 is 1.67 bits per heavy atom. The molecule has 1 saturated carbocycles. The molecule has 2 N–H and O–H groups in total. The largest absolute Gasteiger partial charge is 0.481 e. The van der Waals surface area contributed by atoms with Crippen molar-refractivity contribution >= 4 is 27.2 Å². The highest BCUT2D eigenvalue weighted by atomic mass is 32.2. The van der Waals surface area contributed by atoms with Crippen molar-refractivity contribution in [1.82, 2.24) is 15.2 Å².